The minimum absolute atomic E-state index is 0.563. The molecule has 7 nitrogen and oxygen atoms in total. The summed E-state index contributed by atoms with van der Waals surface area (Å²) in [7, 11) is 2.16. The van der Waals surface area contributed by atoms with E-state index in [1.54, 1.807) is 0 Å². The molecule has 13 aromatic carbocycles. The van der Waals surface area contributed by atoms with Gasteiger partial charge < -0.3 is 23.2 Å². The second-order valence-electron chi connectivity index (χ2n) is 30.6. The first-order chi connectivity index (χ1) is 66.5. The summed E-state index contributed by atoms with van der Waals surface area (Å²) in [6.45, 7) is 74.5. The van der Waals surface area contributed by atoms with Crippen LogP contribution < -0.4 is 0 Å². The molecule has 0 atom stereocenters. The quantitative estimate of drug-likeness (QED) is 0.150. The summed E-state index contributed by atoms with van der Waals surface area (Å²) in [6.07, 6.45) is 7.59. The third kappa shape index (κ3) is 27.0. The van der Waals surface area contributed by atoms with Gasteiger partial charge in [-0.25, -0.2) is 0 Å². The van der Waals surface area contributed by atoms with Crippen LogP contribution in [0.2, 0.25) is 0 Å². The van der Waals surface area contributed by atoms with Crippen LogP contribution in [0.15, 0.2) is 289 Å². The lowest BCUT2D eigenvalue weighted by molar-refractivity contribution is 0.321. The Balaban J connectivity index is 0.000000323. The summed E-state index contributed by atoms with van der Waals surface area (Å²) in [5.74, 6) is 0.563. The van der Waals surface area contributed by atoms with Crippen LogP contribution in [0.3, 0.4) is 0 Å². The van der Waals surface area contributed by atoms with E-state index in [9.17, 15) is 0 Å². The summed E-state index contributed by atoms with van der Waals surface area (Å²) in [6, 6.07) is 101. The SMILES string of the molecule is CC.CC.CC.CC.CC.CC.CC.CC.CC.CC.CC.CCC.CCC1=NN=C(C(C)C)C1.CCN(CC)CC.CCn1c2ccccc2c2c3c(ccc21)Cc1ccccc1-3.CCn1c2ccccc2c2c3c(ccc21)Cc1ccccc1-3.CCn1c2ccccc2c2ccccc21.Cn1c2ccccc2c2c3c(ccc21)Cc1ccccc1-3.c1ccc2c(c1)Cc1ccccc1-2. The van der Waals surface area contributed by atoms with E-state index in [1.165, 1.54) is 214 Å². The Morgan fingerprint density at radius 3 is 0.763 bits per heavy atom. The first-order valence-electron chi connectivity index (χ1n) is 52.7. The zero-order valence-corrected chi connectivity index (χ0v) is 90.5. The molecule has 0 spiro atoms. The maximum Gasteiger partial charge on any atom is 0.0497 e. The molecule has 722 valence electrons. The fourth-order valence-electron chi connectivity index (χ4n) is 18.1. The Hall–Kier alpha value is -11.6. The van der Waals surface area contributed by atoms with Crippen LogP contribution >= 0.6 is 0 Å². The lowest BCUT2D eigenvalue weighted by Gasteiger charge is -2.13. The molecule has 0 unspecified atom stereocenters. The molecule has 0 saturated carbocycles. The molecule has 0 fully saturated rings. The van der Waals surface area contributed by atoms with Crippen LogP contribution in [-0.2, 0) is 52.4 Å². The van der Waals surface area contributed by atoms with E-state index in [2.05, 4.69) is 396 Å². The molecule has 7 heteroatoms. The smallest absolute Gasteiger partial charge is 0.0497 e. The number of hydrogen-bond donors (Lipinski definition) is 0. The molecule has 0 radical (unpaired) electrons. The standard InChI is InChI=1S/2C21H17N.C20H15N.C14H13N.C13H10.C8H14N2.C6H15N.C3H8.11C2H6/c2*1-2-22-18-10-6-5-9-17(18)21-19(22)12-11-15-13-14-7-3-4-8-16(14)20(15)21;1-21-17-9-5-4-8-16(17)20-18(21)11-10-14-12-13-6-2-3-7-15(13)19(14)20;1-2-15-13-9-5-3-7-11(13)12-8-4-6-10-14(12)15;1-3-7-12-10(5-1)9-11-6-2-4-8-13(11)12;1-4-7-5-8(6(2)3)10-9-7;1-4-7(5-2)6-3;1-3-2;11*1-2/h2*3-12H,2,13H2,1H3;2-11H,12H2,1H3;3-10H,2H2,1H3;1-8H,9H2;6H,4-5H2,1-3H3;4-6H2,1-3H3;3H2,1-2H3;11*1-2H3. The molecule has 0 bridgehead atoms. The highest BCUT2D eigenvalue weighted by molar-refractivity contribution is 6.19. The fraction of sp³-hybridized carbons (Fsp3) is 0.375. The predicted octanol–water partition coefficient (Wildman–Crippen LogP) is 39.1. The second-order valence-corrected chi connectivity index (χ2v) is 30.6. The number of hydrogen-bond acceptors (Lipinski definition) is 3. The highest BCUT2D eigenvalue weighted by atomic mass is 15.2. The molecule has 1 aliphatic heterocycles. The van der Waals surface area contributed by atoms with Gasteiger partial charge in [0.05, 0.1) is 0 Å². The number of para-hydroxylation sites is 5. The lowest BCUT2D eigenvalue weighted by Crippen LogP contribution is -2.21. The van der Waals surface area contributed by atoms with Gasteiger partial charge in [0.15, 0.2) is 0 Å². The van der Waals surface area contributed by atoms with E-state index in [1.807, 2.05) is 152 Å². The van der Waals surface area contributed by atoms with Gasteiger partial charge in [-0.2, -0.15) is 10.2 Å². The maximum atomic E-state index is 4.09. The van der Waals surface area contributed by atoms with Crippen molar-refractivity contribution in [2.24, 2.45) is 23.2 Å². The van der Waals surface area contributed by atoms with Gasteiger partial charge in [-0.3, -0.25) is 0 Å². The van der Waals surface area contributed by atoms with Crippen LogP contribution in [0, 0.1) is 5.92 Å². The second kappa shape index (κ2) is 62.8. The third-order valence-corrected chi connectivity index (χ3v) is 23.7. The van der Waals surface area contributed by atoms with Crippen LogP contribution in [0.1, 0.15) is 292 Å². The van der Waals surface area contributed by atoms with Crippen molar-refractivity contribution in [2.75, 3.05) is 19.6 Å². The fourth-order valence-corrected chi connectivity index (χ4v) is 18.1. The monoisotopic (exact) mass is 1810 g/mol. The van der Waals surface area contributed by atoms with Gasteiger partial charge in [-0.1, -0.05) is 445 Å². The van der Waals surface area contributed by atoms with Crippen LogP contribution in [0.4, 0.5) is 0 Å². The van der Waals surface area contributed by atoms with Gasteiger partial charge in [-0.15, -0.1) is 0 Å². The molecule has 0 saturated heterocycles. The Bertz CT molecular complexity index is 6080. The van der Waals surface area contributed by atoms with Crippen molar-refractivity contribution >= 4 is 98.6 Å². The molecule has 4 aromatic heterocycles. The molecule has 0 amide bonds. The number of aryl methyl sites for hydroxylation is 4. The minimum atomic E-state index is 0.563. The molecule has 22 rings (SSSR count). The van der Waals surface area contributed by atoms with Crippen molar-refractivity contribution in [3.05, 3.63) is 324 Å². The van der Waals surface area contributed by atoms with Crippen molar-refractivity contribution in [1.82, 2.24) is 23.2 Å². The van der Waals surface area contributed by atoms with E-state index < -0.39 is 0 Å². The Kier molecular flexibility index (Phi) is 53.8. The largest absolute Gasteiger partial charge is 0.344 e. The van der Waals surface area contributed by atoms with Crippen molar-refractivity contribution < 1.29 is 0 Å². The average molecular weight is 1810 g/mol. The minimum Gasteiger partial charge on any atom is -0.344 e. The summed E-state index contributed by atoms with van der Waals surface area (Å²) < 4.78 is 9.55. The highest BCUT2D eigenvalue weighted by Gasteiger charge is 2.28. The Morgan fingerprint density at radius 2 is 0.481 bits per heavy atom. The number of fused-ring (bicyclic) bond motifs is 27. The van der Waals surface area contributed by atoms with Gasteiger partial charge in [-0.05, 0) is 216 Å². The lowest BCUT2D eigenvalue weighted by atomic mass is 9.99. The Labute approximate surface area is 820 Å². The molecule has 4 aliphatic carbocycles. The van der Waals surface area contributed by atoms with E-state index in [0.717, 1.165) is 58.2 Å². The van der Waals surface area contributed by atoms with Crippen LogP contribution in [-0.4, -0.2) is 54.2 Å². The summed E-state index contributed by atoms with van der Waals surface area (Å²) >= 11 is 0. The van der Waals surface area contributed by atoms with Crippen molar-refractivity contribution in [3.8, 4) is 44.5 Å². The first-order valence-corrected chi connectivity index (χ1v) is 52.7. The van der Waals surface area contributed by atoms with Crippen molar-refractivity contribution in [1.29, 1.82) is 0 Å². The Morgan fingerprint density at radius 1 is 0.244 bits per heavy atom. The van der Waals surface area contributed by atoms with Crippen molar-refractivity contribution in [2.45, 2.75) is 293 Å². The summed E-state index contributed by atoms with van der Waals surface area (Å²) in [5, 5.41) is 19.3. The molecule has 5 heterocycles. The third-order valence-electron chi connectivity index (χ3n) is 23.7. The van der Waals surface area contributed by atoms with Crippen LogP contribution in [0.25, 0.3) is 132 Å². The number of aromatic nitrogens is 4. The average Bonchev–Trinajstić information content (AvgIpc) is 1.58. The van der Waals surface area contributed by atoms with E-state index in [0.29, 0.717) is 5.92 Å². The number of rotatable bonds is 8. The molecule has 17 aromatic rings. The first kappa shape index (κ1) is 116. The van der Waals surface area contributed by atoms with Gasteiger partial charge in [0.2, 0.25) is 0 Å². The zero-order valence-electron chi connectivity index (χ0n) is 90.5. The maximum absolute atomic E-state index is 4.09. The highest BCUT2D eigenvalue weighted by Crippen LogP contribution is 2.48. The molecule has 135 heavy (non-hydrogen) atoms. The van der Waals surface area contributed by atoms with Gasteiger partial charge in [0.1, 0.15) is 0 Å². The summed E-state index contributed by atoms with van der Waals surface area (Å²) in [5.41, 5.74) is 36.3. The molecular weight excluding hydrogens is 1640 g/mol. The van der Waals surface area contributed by atoms with Gasteiger partial charge in [0.25, 0.3) is 0 Å². The normalized spacial score (nSPS) is 11.1. The topological polar surface area (TPSA) is 47.7 Å². The van der Waals surface area contributed by atoms with Gasteiger partial charge >= 0.3 is 0 Å². The number of nitrogens with zero attached hydrogens (tertiary/aromatic N) is 7. The van der Waals surface area contributed by atoms with Crippen LogP contribution in [0.5, 0.6) is 0 Å². The number of benzene rings is 13. The summed E-state index contributed by atoms with van der Waals surface area (Å²) in [4.78, 5) is 2.38. The molecule has 5 aliphatic rings. The van der Waals surface area contributed by atoms with E-state index >= 15 is 0 Å². The van der Waals surface area contributed by atoms with Crippen molar-refractivity contribution in [3.63, 3.8) is 0 Å². The molecule has 0 N–H and O–H groups in total. The van der Waals surface area contributed by atoms with Gasteiger partial charge in [0, 0.05) is 132 Å². The zero-order chi connectivity index (χ0) is 100. The predicted molar refractivity (Wildman–Crippen MR) is 614 cm³/mol. The van der Waals surface area contributed by atoms with E-state index in [4.69, 9.17) is 0 Å². The molecular formula is C128H175N7. The van der Waals surface area contributed by atoms with E-state index in [-0.39, 0.29) is 0 Å².